The second-order valence-corrected chi connectivity index (χ2v) is 8.84. The zero-order valence-corrected chi connectivity index (χ0v) is 19.1. The molecule has 0 aliphatic heterocycles. The average molecular weight is 455 g/mol. The number of nitrogens with one attached hydrogen (secondary N) is 2. The summed E-state index contributed by atoms with van der Waals surface area (Å²) in [6, 6.07) is 16.0. The Morgan fingerprint density at radius 3 is 2.03 bits per heavy atom. The number of fused-ring (bicyclic) bond motifs is 3. The van der Waals surface area contributed by atoms with Crippen LogP contribution in [0.1, 0.15) is 44.2 Å². The monoisotopic (exact) mass is 454 g/mol. The zero-order valence-electron chi connectivity index (χ0n) is 19.1. The van der Waals surface area contributed by atoms with E-state index in [0.29, 0.717) is 6.42 Å². The van der Waals surface area contributed by atoms with E-state index in [9.17, 15) is 24.6 Å². The largest absolute Gasteiger partial charge is 0.479 e. The Balaban J connectivity index is 1.62. The van der Waals surface area contributed by atoms with E-state index in [1.165, 1.54) is 6.92 Å². The highest BCUT2D eigenvalue weighted by Crippen LogP contribution is 2.44. The van der Waals surface area contributed by atoms with Crippen LogP contribution < -0.4 is 10.6 Å². The Kier molecular flexibility index (Phi) is 7.07. The molecule has 3 rings (SSSR count). The predicted molar refractivity (Wildman–Crippen MR) is 123 cm³/mol. The van der Waals surface area contributed by atoms with Crippen LogP contribution in [0, 0.1) is 5.41 Å². The van der Waals surface area contributed by atoms with Crippen LogP contribution in [0.25, 0.3) is 11.1 Å². The van der Waals surface area contributed by atoms with E-state index in [1.807, 2.05) is 36.4 Å². The maximum atomic E-state index is 12.8. The molecule has 1 aliphatic carbocycles. The van der Waals surface area contributed by atoms with Crippen LogP contribution in [0.4, 0.5) is 4.79 Å². The second kappa shape index (κ2) is 9.62. The highest BCUT2D eigenvalue weighted by molar-refractivity contribution is 5.90. The molecule has 1 aliphatic rings. The van der Waals surface area contributed by atoms with Gasteiger partial charge in [-0.1, -0.05) is 55.5 Å². The number of aliphatic carboxylic acids is 1. The third-order valence-electron chi connectivity index (χ3n) is 6.47. The van der Waals surface area contributed by atoms with Gasteiger partial charge in [-0.25, -0.2) is 9.59 Å². The minimum Gasteiger partial charge on any atom is -0.479 e. The smallest absolute Gasteiger partial charge is 0.407 e. The third-order valence-corrected chi connectivity index (χ3v) is 6.47. The van der Waals surface area contributed by atoms with Crippen molar-refractivity contribution in [1.82, 2.24) is 10.6 Å². The third kappa shape index (κ3) is 4.85. The Morgan fingerprint density at radius 1 is 1.00 bits per heavy atom. The number of hydrogen-bond donors (Lipinski definition) is 4. The molecular weight excluding hydrogens is 424 g/mol. The molecule has 2 aromatic rings. The number of carboxylic acids is 1. The lowest BCUT2D eigenvalue weighted by atomic mass is 9.85. The summed E-state index contributed by atoms with van der Waals surface area (Å²) in [6.07, 6.45) is -0.323. The number of hydrogen-bond acceptors (Lipinski definition) is 5. The number of carbonyl (C=O) groups is 3. The minimum absolute atomic E-state index is 0.0485. The molecule has 0 bridgehead atoms. The van der Waals surface area contributed by atoms with Crippen LogP contribution in [-0.2, 0) is 14.3 Å². The first-order valence-corrected chi connectivity index (χ1v) is 10.9. The molecule has 8 nitrogen and oxygen atoms in total. The maximum Gasteiger partial charge on any atom is 0.407 e. The average Bonchev–Trinajstić information content (AvgIpc) is 3.14. The van der Waals surface area contributed by atoms with E-state index < -0.39 is 35.5 Å². The highest BCUT2D eigenvalue weighted by Gasteiger charge is 2.40. The summed E-state index contributed by atoms with van der Waals surface area (Å²) in [6.45, 7) is 3.95. The number of rotatable bonds is 9. The van der Waals surface area contributed by atoms with Gasteiger partial charge in [-0.05, 0) is 42.5 Å². The van der Waals surface area contributed by atoms with Crippen LogP contribution >= 0.6 is 0 Å². The van der Waals surface area contributed by atoms with Crippen LogP contribution in [0.3, 0.4) is 0 Å². The SMILES string of the molecule is CCC(C)(CNC(=O)OCC1c2ccccc2-c2ccccc21)C(=O)NC(C)(CO)C(=O)O. The summed E-state index contributed by atoms with van der Waals surface area (Å²) in [4.78, 5) is 36.6. The van der Waals surface area contributed by atoms with Crippen LogP contribution in [0.5, 0.6) is 0 Å². The summed E-state index contributed by atoms with van der Waals surface area (Å²) >= 11 is 0. The van der Waals surface area contributed by atoms with E-state index in [-0.39, 0.29) is 19.1 Å². The Hall–Kier alpha value is -3.39. The van der Waals surface area contributed by atoms with Crippen molar-refractivity contribution >= 4 is 18.0 Å². The van der Waals surface area contributed by atoms with Gasteiger partial charge in [0, 0.05) is 12.5 Å². The summed E-state index contributed by atoms with van der Waals surface area (Å²) in [7, 11) is 0. The molecule has 0 heterocycles. The van der Waals surface area contributed by atoms with Crippen molar-refractivity contribution in [3.05, 3.63) is 59.7 Å². The molecule has 0 spiro atoms. The molecule has 33 heavy (non-hydrogen) atoms. The van der Waals surface area contributed by atoms with E-state index in [1.54, 1.807) is 13.8 Å². The molecule has 0 radical (unpaired) electrons. The molecule has 2 unspecified atom stereocenters. The molecular formula is C25H30N2O6. The number of alkyl carbamates (subject to hydrolysis) is 1. The lowest BCUT2D eigenvalue weighted by molar-refractivity contribution is -0.150. The van der Waals surface area contributed by atoms with Crippen molar-refractivity contribution in [1.29, 1.82) is 0 Å². The van der Waals surface area contributed by atoms with Gasteiger partial charge < -0.3 is 25.6 Å². The molecule has 4 N–H and O–H groups in total. The summed E-state index contributed by atoms with van der Waals surface area (Å²) < 4.78 is 5.50. The fourth-order valence-corrected chi connectivity index (χ4v) is 3.84. The number of ether oxygens (including phenoxy) is 1. The topological polar surface area (TPSA) is 125 Å². The predicted octanol–water partition coefficient (Wildman–Crippen LogP) is 2.89. The molecule has 8 heteroatoms. The van der Waals surface area contributed by atoms with Crippen LogP contribution in [-0.4, -0.2) is 53.5 Å². The first kappa shape index (κ1) is 24.3. The number of benzene rings is 2. The molecule has 0 fully saturated rings. The van der Waals surface area contributed by atoms with Gasteiger partial charge in [0.1, 0.15) is 6.61 Å². The van der Waals surface area contributed by atoms with E-state index in [2.05, 4.69) is 22.8 Å². The van der Waals surface area contributed by atoms with E-state index in [0.717, 1.165) is 22.3 Å². The van der Waals surface area contributed by atoms with Gasteiger partial charge in [0.05, 0.1) is 12.0 Å². The number of aliphatic hydroxyl groups excluding tert-OH is 1. The van der Waals surface area contributed by atoms with Gasteiger partial charge in [0.25, 0.3) is 0 Å². The molecule has 2 amide bonds. The fourth-order valence-electron chi connectivity index (χ4n) is 3.84. The van der Waals surface area contributed by atoms with Gasteiger partial charge in [0.15, 0.2) is 5.54 Å². The van der Waals surface area contributed by atoms with Crippen LogP contribution in [0.2, 0.25) is 0 Å². The standard InChI is InChI=1S/C25H30N2O6/c1-4-24(2,21(29)27-25(3,15-28)22(30)31)14-26-23(32)33-13-20-18-11-7-5-9-16(18)17-10-6-8-12-19(17)20/h5-12,20,28H,4,13-15H2,1-3H3,(H,26,32)(H,27,29)(H,30,31). The van der Waals surface area contributed by atoms with Crippen molar-refractivity contribution in [2.24, 2.45) is 5.41 Å². The van der Waals surface area contributed by atoms with Crippen molar-refractivity contribution in [2.45, 2.75) is 38.6 Å². The van der Waals surface area contributed by atoms with Gasteiger partial charge >= 0.3 is 12.1 Å². The number of carbonyl (C=O) groups excluding carboxylic acids is 2. The number of aliphatic hydroxyl groups is 1. The fraction of sp³-hybridized carbons (Fsp3) is 0.400. The van der Waals surface area contributed by atoms with Gasteiger partial charge in [-0.2, -0.15) is 0 Å². The van der Waals surface area contributed by atoms with E-state index >= 15 is 0 Å². The van der Waals surface area contributed by atoms with Crippen molar-refractivity contribution in [3.63, 3.8) is 0 Å². The summed E-state index contributed by atoms with van der Waals surface area (Å²) in [5.74, 6) is -2.01. The lowest BCUT2D eigenvalue weighted by Crippen LogP contribution is -2.59. The number of carboxylic acid groups (broad SMARTS) is 1. The highest BCUT2D eigenvalue weighted by atomic mass is 16.5. The molecule has 176 valence electrons. The normalized spacial score (nSPS) is 16.0. The molecule has 0 saturated heterocycles. The first-order valence-electron chi connectivity index (χ1n) is 10.9. The molecule has 2 aromatic carbocycles. The van der Waals surface area contributed by atoms with Gasteiger partial charge in [-0.15, -0.1) is 0 Å². The summed E-state index contributed by atoms with van der Waals surface area (Å²) in [5, 5.41) is 23.7. The maximum absolute atomic E-state index is 12.8. The first-order chi connectivity index (χ1) is 15.6. The molecule has 2 atom stereocenters. The Bertz CT molecular complexity index is 1010. The quantitative estimate of drug-likeness (QED) is 0.462. The Morgan fingerprint density at radius 2 is 1.55 bits per heavy atom. The van der Waals surface area contributed by atoms with Crippen molar-refractivity contribution < 1.29 is 29.3 Å². The van der Waals surface area contributed by atoms with Gasteiger partial charge in [0.2, 0.25) is 5.91 Å². The molecule has 0 aromatic heterocycles. The Labute approximate surface area is 193 Å². The zero-order chi connectivity index (χ0) is 24.2. The minimum atomic E-state index is -1.81. The van der Waals surface area contributed by atoms with E-state index in [4.69, 9.17) is 4.74 Å². The molecule has 0 saturated carbocycles. The van der Waals surface area contributed by atoms with Gasteiger partial charge in [-0.3, -0.25) is 4.79 Å². The number of amides is 2. The summed E-state index contributed by atoms with van der Waals surface area (Å²) in [5.41, 5.74) is 1.56. The van der Waals surface area contributed by atoms with Crippen molar-refractivity contribution in [2.75, 3.05) is 19.8 Å². The second-order valence-electron chi connectivity index (χ2n) is 8.84. The van der Waals surface area contributed by atoms with Crippen LogP contribution in [0.15, 0.2) is 48.5 Å². The van der Waals surface area contributed by atoms with Crippen molar-refractivity contribution in [3.8, 4) is 11.1 Å². The lowest BCUT2D eigenvalue weighted by Gasteiger charge is -2.32.